The molecular weight excluding hydrogens is 228 g/mol. The largest absolute Gasteiger partial charge is 0.352 e. The van der Waals surface area contributed by atoms with Gasteiger partial charge in [-0.1, -0.05) is 32.4 Å². The first kappa shape index (κ1) is 14.2. The molecule has 0 aliphatic heterocycles. The second-order valence-electron chi connectivity index (χ2n) is 4.06. The molecule has 1 aromatic rings. The lowest BCUT2D eigenvalue weighted by Crippen LogP contribution is -2.26. The van der Waals surface area contributed by atoms with Crippen LogP contribution in [0, 0.1) is 0 Å². The van der Waals surface area contributed by atoms with Gasteiger partial charge in [0, 0.05) is 13.0 Å². The van der Waals surface area contributed by atoms with E-state index in [1.54, 1.807) is 31.2 Å². The summed E-state index contributed by atoms with van der Waals surface area (Å²) in [7, 11) is 0. The van der Waals surface area contributed by atoms with Crippen LogP contribution in [0.4, 0.5) is 5.69 Å². The van der Waals surface area contributed by atoms with E-state index >= 15 is 0 Å². The molecule has 0 unspecified atom stereocenters. The Morgan fingerprint density at radius 2 is 1.89 bits per heavy atom. The Bertz CT molecular complexity index is 416. The summed E-state index contributed by atoms with van der Waals surface area (Å²) in [6.45, 7) is 4.51. The van der Waals surface area contributed by atoms with Gasteiger partial charge >= 0.3 is 0 Å². The Labute approximate surface area is 108 Å². The average Bonchev–Trinajstić information content (AvgIpc) is 2.39. The molecular formula is C14H20N2O2. The monoisotopic (exact) mass is 248 g/mol. The van der Waals surface area contributed by atoms with E-state index < -0.39 is 0 Å². The molecule has 2 N–H and O–H groups in total. The lowest BCUT2D eigenvalue weighted by molar-refractivity contribution is -0.115. The maximum Gasteiger partial charge on any atom is 0.253 e. The van der Waals surface area contributed by atoms with E-state index in [1.807, 2.05) is 0 Å². The van der Waals surface area contributed by atoms with Gasteiger partial charge in [-0.25, -0.2) is 0 Å². The highest BCUT2D eigenvalue weighted by Crippen LogP contribution is 2.15. The number of para-hydroxylation sites is 1. The molecule has 4 nitrogen and oxygen atoms in total. The maximum atomic E-state index is 11.9. The van der Waals surface area contributed by atoms with Crippen molar-refractivity contribution in [2.24, 2.45) is 0 Å². The molecule has 1 aromatic carbocycles. The van der Waals surface area contributed by atoms with Crippen LogP contribution >= 0.6 is 0 Å². The molecule has 0 aliphatic carbocycles. The Morgan fingerprint density at radius 1 is 1.17 bits per heavy atom. The highest BCUT2D eigenvalue weighted by molar-refractivity contribution is 6.03. The molecule has 0 fully saturated rings. The minimum absolute atomic E-state index is 0.0937. The Morgan fingerprint density at radius 3 is 2.56 bits per heavy atom. The summed E-state index contributed by atoms with van der Waals surface area (Å²) in [5.41, 5.74) is 1.08. The summed E-state index contributed by atoms with van der Waals surface area (Å²) < 4.78 is 0. The van der Waals surface area contributed by atoms with Crippen LogP contribution in [0.5, 0.6) is 0 Å². The zero-order valence-corrected chi connectivity index (χ0v) is 11.0. The fourth-order valence-electron chi connectivity index (χ4n) is 1.50. The summed E-state index contributed by atoms with van der Waals surface area (Å²) in [5, 5.41) is 5.57. The first-order valence-electron chi connectivity index (χ1n) is 6.36. The van der Waals surface area contributed by atoms with Gasteiger partial charge in [0.15, 0.2) is 0 Å². The molecule has 2 amide bonds. The topological polar surface area (TPSA) is 58.2 Å². The normalized spacial score (nSPS) is 9.89. The van der Waals surface area contributed by atoms with Crippen LogP contribution in [-0.4, -0.2) is 18.4 Å². The zero-order valence-electron chi connectivity index (χ0n) is 11.0. The van der Waals surface area contributed by atoms with E-state index in [9.17, 15) is 9.59 Å². The predicted molar refractivity (Wildman–Crippen MR) is 72.6 cm³/mol. The van der Waals surface area contributed by atoms with Crippen molar-refractivity contribution in [1.29, 1.82) is 0 Å². The van der Waals surface area contributed by atoms with E-state index in [4.69, 9.17) is 0 Å². The van der Waals surface area contributed by atoms with Crippen molar-refractivity contribution >= 4 is 17.5 Å². The Hall–Kier alpha value is -1.84. The molecule has 0 atom stereocenters. The molecule has 0 bridgehead atoms. The minimum atomic E-state index is -0.143. The first-order valence-corrected chi connectivity index (χ1v) is 6.36. The number of unbranched alkanes of at least 4 members (excludes halogenated alkanes) is 1. The number of amides is 2. The lowest BCUT2D eigenvalue weighted by Gasteiger charge is -2.10. The van der Waals surface area contributed by atoms with Crippen LogP contribution < -0.4 is 10.6 Å². The van der Waals surface area contributed by atoms with Crippen molar-refractivity contribution in [3.63, 3.8) is 0 Å². The summed E-state index contributed by atoms with van der Waals surface area (Å²) in [6.07, 6.45) is 2.38. The molecule has 0 radical (unpaired) electrons. The van der Waals surface area contributed by atoms with E-state index in [-0.39, 0.29) is 11.8 Å². The predicted octanol–water partition coefficient (Wildman–Crippen LogP) is 2.57. The van der Waals surface area contributed by atoms with E-state index in [0.717, 1.165) is 12.8 Å². The number of hydrogen-bond acceptors (Lipinski definition) is 2. The van der Waals surface area contributed by atoms with Gasteiger partial charge in [-0.15, -0.1) is 0 Å². The molecule has 0 saturated heterocycles. The smallest absolute Gasteiger partial charge is 0.253 e. The van der Waals surface area contributed by atoms with Gasteiger partial charge in [0.25, 0.3) is 5.91 Å². The van der Waals surface area contributed by atoms with Crippen LogP contribution in [0.2, 0.25) is 0 Å². The summed E-state index contributed by atoms with van der Waals surface area (Å²) >= 11 is 0. The highest BCUT2D eigenvalue weighted by Gasteiger charge is 2.11. The molecule has 0 heterocycles. The number of carbonyl (C=O) groups is 2. The number of anilines is 1. The van der Waals surface area contributed by atoms with Crippen molar-refractivity contribution in [3.8, 4) is 0 Å². The fraction of sp³-hybridized carbons (Fsp3) is 0.429. The second-order valence-corrected chi connectivity index (χ2v) is 4.06. The van der Waals surface area contributed by atoms with Crippen molar-refractivity contribution in [2.45, 2.75) is 33.1 Å². The van der Waals surface area contributed by atoms with Gasteiger partial charge in [-0.3, -0.25) is 9.59 Å². The number of carbonyl (C=O) groups excluding carboxylic acids is 2. The molecule has 0 saturated carbocycles. The van der Waals surface area contributed by atoms with Crippen LogP contribution in [0.15, 0.2) is 24.3 Å². The summed E-state index contributed by atoms with van der Waals surface area (Å²) in [4.78, 5) is 23.3. The standard InChI is InChI=1S/C14H20N2O2/c1-3-5-10-15-14(18)11-8-6-7-9-12(11)16-13(17)4-2/h6-9H,3-5,10H2,1-2H3,(H,15,18)(H,16,17). The Balaban J connectivity index is 2.74. The van der Waals surface area contributed by atoms with Gasteiger partial charge < -0.3 is 10.6 Å². The van der Waals surface area contributed by atoms with E-state index in [2.05, 4.69) is 17.6 Å². The number of rotatable bonds is 6. The quantitative estimate of drug-likeness (QED) is 0.760. The van der Waals surface area contributed by atoms with Crippen LogP contribution in [0.3, 0.4) is 0 Å². The van der Waals surface area contributed by atoms with Gasteiger partial charge in [0.1, 0.15) is 0 Å². The van der Waals surface area contributed by atoms with Crippen molar-refractivity contribution < 1.29 is 9.59 Å². The van der Waals surface area contributed by atoms with Gasteiger partial charge in [-0.2, -0.15) is 0 Å². The molecule has 0 spiro atoms. The maximum absolute atomic E-state index is 11.9. The van der Waals surface area contributed by atoms with E-state index in [1.165, 1.54) is 0 Å². The summed E-state index contributed by atoms with van der Waals surface area (Å²) in [6, 6.07) is 7.04. The summed E-state index contributed by atoms with van der Waals surface area (Å²) in [5.74, 6) is -0.237. The molecule has 0 aliphatic rings. The fourth-order valence-corrected chi connectivity index (χ4v) is 1.50. The van der Waals surface area contributed by atoms with Crippen LogP contribution in [-0.2, 0) is 4.79 Å². The molecule has 4 heteroatoms. The van der Waals surface area contributed by atoms with Crippen LogP contribution in [0.1, 0.15) is 43.5 Å². The minimum Gasteiger partial charge on any atom is -0.352 e. The lowest BCUT2D eigenvalue weighted by atomic mass is 10.1. The molecule has 1 rings (SSSR count). The Kier molecular flexibility index (Phi) is 5.91. The SMILES string of the molecule is CCCCNC(=O)c1ccccc1NC(=O)CC. The molecule has 18 heavy (non-hydrogen) atoms. The third kappa shape index (κ3) is 4.20. The highest BCUT2D eigenvalue weighted by atomic mass is 16.2. The first-order chi connectivity index (χ1) is 8.69. The third-order valence-electron chi connectivity index (χ3n) is 2.58. The zero-order chi connectivity index (χ0) is 13.4. The average molecular weight is 248 g/mol. The van der Waals surface area contributed by atoms with Crippen LogP contribution in [0.25, 0.3) is 0 Å². The number of benzene rings is 1. The van der Waals surface area contributed by atoms with Crippen molar-refractivity contribution in [3.05, 3.63) is 29.8 Å². The number of hydrogen-bond donors (Lipinski definition) is 2. The third-order valence-corrected chi connectivity index (χ3v) is 2.58. The van der Waals surface area contributed by atoms with Gasteiger partial charge in [-0.05, 0) is 18.6 Å². The van der Waals surface area contributed by atoms with Crippen molar-refractivity contribution in [2.75, 3.05) is 11.9 Å². The van der Waals surface area contributed by atoms with Gasteiger partial charge in [0.05, 0.1) is 11.3 Å². The van der Waals surface area contributed by atoms with E-state index in [0.29, 0.717) is 24.2 Å². The van der Waals surface area contributed by atoms with Crippen molar-refractivity contribution in [1.82, 2.24) is 5.32 Å². The number of nitrogens with one attached hydrogen (secondary N) is 2. The molecule has 0 aromatic heterocycles. The molecule has 98 valence electrons. The second kappa shape index (κ2) is 7.48. The van der Waals surface area contributed by atoms with Gasteiger partial charge in [0.2, 0.25) is 5.91 Å².